The molecule has 0 aliphatic carbocycles. The van der Waals surface area contributed by atoms with Gasteiger partial charge >= 0.3 is 0 Å². The quantitative estimate of drug-likeness (QED) is 0.464. The van der Waals surface area contributed by atoms with Gasteiger partial charge in [0, 0.05) is 38.3 Å². The maximum absolute atomic E-state index is 14.7. The first-order chi connectivity index (χ1) is 16.3. The summed E-state index contributed by atoms with van der Waals surface area (Å²) < 4.78 is 31.7. The molecule has 0 bridgehead atoms. The van der Waals surface area contributed by atoms with Crippen molar-refractivity contribution in [1.29, 1.82) is 0 Å². The molecule has 2 heterocycles. The Morgan fingerprint density at radius 1 is 1.12 bits per heavy atom. The summed E-state index contributed by atoms with van der Waals surface area (Å²) in [6, 6.07) is 6.64. The number of benzene rings is 1. The molecule has 1 fully saturated rings. The average molecular weight is 478 g/mol. The molecule has 0 radical (unpaired) electrons. The molecule has 1 aliphatic rings. The minimum absolute atomic E-state index is 0.288. The molecule has 1 saturated heterocycles. The van der Waals surface area contributed by atoms with E-state index in [9.17, 15) is 9.50 Å². The summed E-state index contributed by atoms with van der Waals surface area (Å²) in [4.78, 5) is 4.31. The lowest BCUT2D eigenvalue weighted by Gasteiger charge is -2.29. The highest BCUT2D eigenvalue weighted by molar-refractivity contribution is 5.68. The number of aromatic nitrogens is 1. The van der Waals surface area contributed by atoms with Crippen LogP contribution >= 0.6 is 0 Å². The molecule has 8 heteroatoms. The largest absolute Gasteiger partial charge is 0.389 e. The van der Waals surface area contributed by atoms with Gasteiger partial charge in [-0.1, -0.05) is 45.0 Å². The highest BCUT2D eigenvalue weighted by Crippen LogP contribution is 2.34. The van der Waals surface area contributed by atoms with Gasteiger partial charge in [0.15, 0.2) is 0 Å². The van der Waals surface area contributed by atoms with Gasteiger partial charge in [-0.25, -0.2) is 4.39 Å². The number of aliphatic hydroxyl groups excluding tert-OH is 1. The Balaban J connectivity index is 1.86. The van der Waals surface area contributed by atoms with E-state index < -0.39 is 6.10 Å². The van der Waals surface area contributed by atoms with Crippen molar-refractivity contribution in [2.45, 2.75) is 46.8 Å². The second-order valence-electron chi connectivity index (χ2n) is 9.90. The van der Waals surface area contributed by atoms with Crippen molar-refractivity contribution in [3.8, 4) is 11.3 Å². The summed E-state index contributed by atoms with van der Waals surface area (Å²) in [5.41, 5.74) is 1.77. The smallest absolute Gasteiger partial charge is 0.232 e. The maximum Gasteiger partial charge on any atom is 0.232 e. The molecule has 1 atom stereocenters. The maximum atomic E-state index is 14.7. The van der Waals surface area contributed by atoms with Gasteiger partial charge in [-0.2, -0.15) is 0 Å². The van der Waals surface area contributed by atoms with Crippen molar-refractivity contribution >= 4 is 5.88 Å². The van der Waals surface area contributed by atoms with E-state index in [2.05, 4.69) is 42.7 Å². The van der Waals surface area contributed by atoms with E-state index >= 15 is 0 Å². The second kappa shape index (κ2) is 13.2. The lowest BCUT2D eigenvalue weighted by molar-refractivity contribution is 0.00629. The third-order valence-electron chi connectivity index (χ3n) is 5.83. The van der Waals surface area contributed by atoms with Crippen LogP contribution in [0, 0.1) is 17.7 Å². The SMILES string of the molecule is CC(C)CCN(Cc1c(-c2ccccc2F)noc1N1CCOCC1)C[C@@H](O)COCC(C)C. The topological polar surface area (TPSA) is 71.2 Å². The lowest BCUT2D eigenvalue weighted by Crippen LogP contribution is -2.38. The molecule has 1 aromatic heterocycles. The Bertz CT molecular complexity index is 867. The number of halogens is 1. The molecule has 0 unspecified atom stereocenters. The number of nitrogens with zero attached hydrogens (tertiary/aromatic N) is 3. The fourth-order valence-electron chi connectivity index (χ4n) is 4.01. The van der Waals surface area contributed by atoms with Crippen LogP contribution in [0.5, 0.6) is 0 Å². The normalized spacial score (nSPS) is 15.6. The number of anilines is 1. The number of morpholine rings is 1. The van der Waals surface area contributed by atoms with Gasteiger partial charge in [0.2, 0.25) is 5.88 Å². The van der Waals surface area contributed by atoms with E-state index in [1.165, 1.54) is 6.07 Å². The lowest BCUT2D eigenvalue weighted by atomic mass is 10.0. The molecule has 34 heavy (non-hydrogen) atoms. The molecule has 0 spiro atoms. The minimum Gasteiger partial charge on any atom is -0.389 e. The Morgan fingerprint density at radius 3 is 2.53 bits per heavy atom. The molecule has 0 saturated carbocycles. The molecular weight excluding hydrogens is 437 g/mol. The number of rotatable bonds is 13. The second-order valence-corrected chi connectivity index (χ2v) is 9.90. The van der Waals surface area contributed by atoms with Crippen LogP contribution in [0.25, 0.3) is 11.3 Å². The van der Waals surface area contributed by atoms with E-state index in [1.807, 2.05) is 0 Å². The van der Waals surface area contributed by atoms with E-state index in [-0.39, 0.29) is 12.4 Å². The molecular formula is C26H40FN3O4. The van der Waals surface area contributed by atoms with Gasteiger partial charge in [-0.15, -0.1) is 0 Å². The number of ether oxygens (including phenoxy) is 2. The van der Waals surface area contributed by atoms with E-state index in [4.69, 9.17) is 14.0 Å². The summed E-state index contributed by atoms with van der Waals surface area (Å²) in [6.07, 6.45) is 0.363. The van der Waals surface area contributed by atoms with E-state index in [0.29, 0.717) is 75.0 Å². The van der Waals surface area contributed by atoms with Crippen LogP contribution in [-0.4, -0.2) is 73.9 Å². The van der Waals surface area contributed by atoms with Crippen LogP contribution in [0.4, 0.5) is 10.3 Å². The van der Waals surface area contributed by atoms with Gasteiger partial charge in [-0.3, -0.25) is 4.90 Å². The van der Waals surface area contributed by atoms with Crippen molar-refractivity contribution in [2.75, 3.05) is 57.5 Å². The molecule has 2 aromatic rings. The Hall–Kier alpha value is -2.00. The summed E-state index contributed by atoms with van der Waals surface area (Å²) in [6.45, 7) is 13.8. The van der Waals surface area contributed by atoms with Crippen LogP contribution < -0.4 is 4.90 Å². The zero-order chi connectivity index (χ0) is 24.5. The van der Waals surface area contributed by atoms with E-state index in [0.717, 1.165) is 18.5 Å². The first-order valence-corrected chi connectivity index (χ1v) is 12.4. The third kappa shape index (κ3) is 7.77. The standard InChI is InChI=1S/C26H40FN3O4/c1-19(2)9-10-29(15-21(31)18-33-17-20(3)4)16-23-25(22-7-5-6-8-24(22)27)28-34-26(23)30-11-13-32-14-12-30/h5-8,19-21,31H,9-18H2,1-4H3/t21-/m1/s1. The Morgan fingerprint density at radius 2 is 1.85 bits per heavy atom. The van der Waals surface area contributed by atoms with Crippen molar-refractivity contribution in [1.82, 2.24) is 10.1 Å². The first-order valence-electron chi connectivity index (χ1n) is 12.4. The predicted molar refractivity (Wildman–Crippen MR) is 131 cm³/mol. The number of hydrogen-bond acceptors (Lipinski definition) is 7. The highest BCUT2D eigenvalue weighted by Gasteiger charge is 2.27. The predicted octanol–water partition coefficient (Wildman–Crippen LogP) is 4.20. The van der Waals surface area contributed by atoms with Gasteiger partial charge < -0.3 is 24.0 Å². The van der Waals surface area contributed by atoms with Crippen molar-refractivity contribution < 1.29 is 23.5 Å². The number of hydrogen-bond donors (Lipinski definition) is 1. The zero-order valence-corrected chi connectivity index (χ0v) is 21.0. The van der Waals surface area contributed by atoms with Crippen molar-refractivity contribution in [3.63, 3.8) is 0 Å². The zero-order valence-electron chi connectivity index (χ0n) is 21.0. The Labute approximate surface area is 202 Å². The molecule has 190 valence electrons. The molecule has 0 amide bonds. The monoisotopic (exact) mass is 477 g/mol. The molecule has 3 rings (SSSR count). The molecule has 1 N–H and O–H groups in total. The van der Waals surface area contributed by atoms with Crippen molar-refractivity contribution in [3.05, 3.63) is 35.6 Å². The van der Waals surface area contributed by atoms with E-state index in [1.54, 1.807) is 18.2 Å². The van der Waals surface area contributed by atoms with Crippen LogP contribution in [0.15, 0.2) is 28.8 Å². The summed E-state index contributed by atoms with van der Waals surface area (Å²) in [7, 11) is 0. The van der Waals surface area contributed by atoms with Gasteiger partial charge in [-0.05, 0) is 36.9 Å². The van der Waals surface area contributed by atoms with Crippen molar-refractivity contribution in [2.24, 2.45) is 11.8 Å². The summed E-state index contributed by atoms with van der Waals surface area (Å²) >= 11 is 0. The van der Waals surface area contributed by atoms with Gasteiger partial charge in [0.05, 0.1) is 31.5 Å². The van der Waals surface area contributed by atoms with Crippen LogP contribution in [0.3, 0.4) is 0 Å². The first kappa shape index (κ1) is 26.6. The molecule has 1 aromatic carbocycles. The van der Waals surface area contributed by atoms with Crippen LogP contribution in [0.1, 0.15) is 39.7 Å². The van der Waals surface area contributed by atoms with Crippen LogP contribution in [-0.2, 0) is 16.0 Å². The fourth-order valence-corrected chi connectivity index (χ4v) is 4.01. The molecule has 1 aliphatic heterocycles. The van der Waals surface area contributed by atoms with Gasteiger partial charge in [0.25, 0.3) is 0 Å². The highest BCUT2D eigenvalue weighted by atomic mass is 19.1. The Kier molecular flexibility index (Phi) is 10.3. The fraction of sp³-hybridized carbons (Fsp3) is 0.654. The third-order valence-corrected chi connectivity index (χ3v) is 5.83. The summed E-state index contributed by atoms with van der Waals surface area (Å²) in [5.74, 6) is 1.26. The number of aliphatic hydroxyl groups is 1. The summed E-state index contributed by atoms with van der Waals surface area (Å²) in [5, 5.41) is 15.0. The molecule has 7 nitrogen and oxygen atoms in total. The average Bonchev–Trinajstić information content (AvgIpc) is 3.21. The van der Waals surface area contributed by atoms with Gasteiger partial charge in [0.1, 0.15) is 11.5 Å². The van der Waals surface area contributed by atoms with Crippen LogP contribution in [0.2, 0.25) is 0 Å². The minimum atomic E-state index is -0.616.